The van der Waals surface area contributed by atoms with Gasteiger partial charge in [-0.2, -0.15) is 0 Å². The Morgan fingerprint density at radius 3 is 2.58 bits per heavy atom. The van der Waals surface area contributed by atoms with Crippen LogP contribution in [0.2, 0.25) is 0 Å². The fourth-order valence-electron chi connectivity index (χ4n) is 3.14. The third-order valence-corrected chi connectivity index (χ3v) is 6.51. The minimum atomic E-state index is -3.98. The largest absolute Gasteiger partial charge is 0.508 e. The van der Waals surface area contributed by atoms with Gasteiger partial charge in [-0.3, -0.25) is 0 Å². The Balaban J connectivity index is 1.81. The highest BCUT2D eigenvalue weighted by atomic mass is 32.2. The van der Waals surface area contributed by atoms with Crippen molar-refractivity contribution in [2.24, 2.45) is 10.9 Å². The highest BCUT2D eigenvalue weighted by molar-refractivity contribution is 7.89. The van der Waals surface area contributed by atoms with E-state index in [1.165, 1.54) is 23.5 Å². The van der Waals surface area contributed by atoms with Gasteiger partial charge in [0.2, 0.25) is 10.0 Å². The number of rotatable bonds is 4. The monoisotopic (exact) mass is 397 g/mol. The molecule has 0 unspecified atom stereocenters. The number of aromatic nitrogens is 1. The number of carbonyl (C=O) groups is 1. The summed E-state index contributed by atoms with van der Waals surface area (Å²) in [4.78, 5) is 15.8. The number of phenols is 1. The Morgan fingerprint density at radius 2 is 1.96 bits per heavy atom. The number of hydrogen-bond donors (Lipinski definition) is 3. The minimum absolute atomic E-state index is 0.133. The first-order valence-corrected chi connectivity index (χ1v) is 10.4. The molecule has 3 rings (SSSR count). The van der Waals surface area contributed by atoms with Crippen LogP contribution in [0.3, 0.4) is 0 Å². The molecule has 0 bridgehead atoms. The standard InChI is InChI=1S/C16H19N3O5S2/c17-16(21)24-11-4-1-9(2-5-11)15-19-8-13(25-15)12-6-3-10(20)7-14(12)26(18,22)23/h3,6-9,11,20H,1-2,4-5H2,(H2,17,21)(H2,18,22,23)/t9-,11-. The number of phenolic OH excluding ortho intramolecular Hbond substituents is 1. The van der Waals surface area contributed by atoms with Gasteiger partial charge < -0.3 is 15.6 Å². The second-order valence-corrected chi connectivity index (χ2v) is 8.79. The van der Waals surface area contributed by atoms with Gasteiger partial charge in [0.25, 0.3) is 0 Å². The number of carbonyl (C=O) groups excluding carboxylic acids is 1. The molecule has 0 atom stereocenters. The lowest BCUT2D eigenvalue weighted by Gasteiger charge is -2.26. The van der Waals surface area contributed by atoms with Crippen molar-refractivity contribution in [1.82, 2.24) is 4.98 Å². The summed E-state index contributed by atoms with van der Waals surface area (Å²) in [6.07, 6.45) is 3.74. The number of primary sulfonamides is 1. The number of sulfonamides is 1. The van der Waals surface area contributed by atoms with E-state index in [1.807, 2.05) is 0 Å². The Labute approximate surface area is 154 Å². The molecule has 8 nitrogen and oxygen atoms in total. The summed E-state index contributed by atoms with van der Waals surface area (Å²) in [7, 11) is -3.98. The van der Waals surface area contributed by atoms with Gasteiger partial charge in [-0.1, -0.05) is 0 Å². The van der Waals surface area contributed by atoms with Crippen LogP contribution in [0.4, 0.5) is 4.79 Å². The first-order chi connectivity index (χ1) is 12.2. The molecule has 1 aliphatic rings. The molecule has 0 spiro atoms. The van der Waals surface area contributed by atoms with Crippen molar-refractivity contribution in [1.29, 1.82) is 0 Å². The predicted molar refractivity (Wildman–Crippen MR) is 96.3 cm³/mol. The average Bonchev–Trinajstić information content (AvgIpc) is 3.04. The molecular formula is C16H19N3O5S2. The highest BCUT2D eigenvalue weighted by Crippen LogP contribution is 2.40. The van der Waals surface area contributed by atoms with Crippen LogP contribution in [0.5, 0.6) is 5.75 Å². The summed E-state index contributed by atoms with van der Waals surface area (Å²) in [5.74, 6) is 0.0480. The molecule has 10 heteroatoms. The Kier molecular flexibility index (Phi) is 5.17. The topological polar surface area (TPSA) is 146 Å². The van der Waals surface area contributed by atoms with Crippen LogP contribution >= 0.6 is 11.3 Å². The van der Waals surface area contributed by atoms with E-state index in [1.54, 1.807) is 6.20 Å². The first-order valence-electron chi connectivity index (χ1n) is 8.02. The molecule has 5 N–H and O–H groups in total. The summed E-state index contributed by atoms with van der Waals surface area (Å²) < 4.78 is 28.7. The van der Waals surface area contributed by atoms with E-state index >= 15 is 0 Å². The summed E-state index contributed by atoms with van der Waals surface area (Å²) >= 11 is 1.40. The van der Waals surface area contributed by atoms with E-state index in [0.717, 1.165) is 23.9 Å². The number of aromatic hydroxyl groups is 1. The number of primary amides is 1. The molecule has 26 heavy (non-hydrogen) atoms. The van der Waals surface area contributed by atoms with Crippen LogP contribution < -0.4 is 10.9 Å². The molecule has 1 saturated carbocycles. The first kappa shape index (κ1) is 18.6. The minimum Gasteiger partial charge on any atom is -0.508 e. The predicted octanol–water partition coefficient (Wildman–Crippen LogP) is 2.28. The molecule has 0 aliphatic heterocycles. The van der Waals surface area contributed by atoms with Crippen LogP contribution in [-0.2, 0) is 14.8 Å². The lowest BCUT2D eigenvalue weighted by molar-refractivity contribution is 0.0787. The lowest BCUT2D eigenvalue weighted by atomic mass is 9.88. The number of nitrogens with two attached hydrogens (primary N) is 2. The quantitative estimate of drug-likeness (QED) is 0.721. The zero-order valence-electron chi connectivity index (χ0n) is 13.8. The molecule has 1 fully saturated rings. The van der Waals surface area contributed by atoms with Crippen molar-refractivity contribution < 1.29 is 23.1 Å². The maximum atomic E-state index is 11.8. The zero-order valence-corrected chi connectivity index (χ0v) is 15.4. The van der Waals surface area contributed by atoms with Crippen LogP contribution in [0.1, 0.15) is 36.6 Å². The van der Waals surface area contributed by atoms with E-state index in [4.69, 9.17) is 15.6 Å². The zero-order chi connectivity index (χ0) is 18.9. The normalized spacial score (nSPS) is 20.7. The maximum Gasteiger partial charge on any atom is 0.404 e. The van der Waals surface area contributed by atoms with Crippen LogP contribution in [-0.4, -0.2) is 30.7 Å². The average molecular weight is 397 g/mol. The molecule has 0 saturated heterocycles. The van der Waals surface area contributed by atoms with Crippen molar-refractivity contribution in [3.63, 3.8) is 0 Å². The number of thiazole rings is 1. The van der Waals surface area contributed by atoms with E-state index in [-0.39, 0.29) is 22.7 Å². The number of amides is 1. The van der Waals surface area contributed by atoms with Crippen molar-refractivity contribution in [3.05, 3.63) is 29.4 Å². The molecule has 1 aromatic carbocycles. The van der Waals surface area contributed by atoms with E-state index < -0.39 is 16.1 Å². The molecule has 1 aliphatic carbocycles. The molecule has 0 radical (unpaired) electrons. The fourth-order valence-corrected chi connectivity index (χ4v) is 5.10. The summed E-state index contributed by atoms with van der Waals surface area (Å²) in [6, 6.07) is 4.07. The Bertz CT molecular complexity index is 918. The molecular weight excluding hydrogens is 378 g/mol. The van der Waals surface area contributed by atoms with Gasteiger partial charge in [-0.25, -0.2) is 23.3 Å². The van der Waals surface area contributed by atoms with Crippen LogP contribution in [0.15, 0.2) is 29.3 Å². The number of ether oxygens (including phenoxy) is 1. The lowest BCUT2D eigenvalue weighted by Crippen LogP contribution is -2.26. The summed E-state index contributed by atoms with van der Waals surface area (Å²) in [5, 5.41) is 15.7. The van der Waals surface area contributed by atoms with Gasteiger partial charge in [0.1, 0.15) is 11.9 Å². The molecule has 1 amide bonds. The van der Waals surface area contributed by atoms with Crippen molar-refractivity contribution in [3.8, 4) is 16.2 Å². The van der Waals surface area contributed by atoms with Gasteiger partial charge in [0.05, 0.1) is 14.8 Å². The summed E-state index contributed by atoms with van der Waals surface area (Å²) in [5.41, 5.74) is 5.46. The maximum absolute atomic E-state index is 11.8. The highest BCUT2D eigenvalue weighted by Gasteiger charge is 2.27. The Morgan fingerprint density at radius 1 is 1.27 bits per heavy atom. The smallest absolute Gasteiger partial charge is 0.404 e. The molecule has 1 aromatic heterocycles. The van der Waals surface area contributed by atoms with Crippen LogP contribution in [0, 0.1) is 0 Å². The van der Waals surface area contributed by atoms with E-state index in [9.17, 15) is 18.3 Å². The van der Waals surface area contributed by atoms with Gasteiger partial charge in [-0.15, -0.1) is 11.3 Å². The second-order valence-electron chi connectivity index (χ2n) is 6.20. The SMILES string of the molecule is NC(=O)O[C@H]1CC[C@H](c2ncc(-c3ccc(O)cc3S(N)(=O)=O)s2)CC1. The van der Waals surface area contributed by atoms with Crippen molar-refractivity contribution in [2.45, 2.75) is 42.6 Å². The van der Waals surface area contributed by atoms with Gasteiger partial charge in [0, 0.05) is 23.7 Å². The summed E-state index contributed by atoms with van der Waals surface area (Å²) in [6.45, 7) is 0. The van der Waals surface area contributed by atoms with Gasteiger partial charge in [-0.05, 0) is 37.8 Å². The van der Waals surface area contributed by atoms with E-state index in [0.29, 0.717) is 23.3 Å². The third-order valence-electron chi connectivity index (χ3n) is 4.37. The number of hydrogen-bond acceptors (Lipinski definition) is 7. The Hall–Kier alpha value is -2.17. The van der Waals surface area contributed by atoms with Crippen molar-refractivity contribution >= 4 is 27.5 Å². The number of benzene rings is 1. The van der Waals surface area contributed by atoms with Gasteiger partial charge >= 0.3 is 6.09 Å². The number of nitrogens with zero attached hydrogens (tertiary/aromatic N) is 1. The molecule has 1 heterocycles. The van der Waals surface area contributed by atoms with Crippen LogP contribution in [0.25, 0.3) is 10.4 Å². The van der Waals surface area contributed by atoms with E-state index in [2.05, 4.69) is 4.98 Å². The third kappa shape index (κ3) is 4.14. The fraction of sp³-hybridized carbons (Fsp3) is 0.375. The second kappa shape index (κ2) is 7.22. The van der Waals surface area contributed by atoms with Crippen molar-refractivity contribution in [2.75, 3.05) is 0 Å². The van der Waals surface area contributed by atoms with Gasteiger partial charge in [0.15, 0.2) is 0 Å². The molecule has 140 valence electrons. The molecule has 2 aromatic rings.